The first kappa shape index (κ1) is 13.3. The van der Waals surface area contributed by atoms with Gasteiger partial charge in [-0.2, -0.15) is 11.8 Å². The van der Waals surface area contributed by atoms with E-state index >= 15 is 0 Å². The monoisotopic (exact) mass is 231 g/mol. The number of ether oxygens (including phenoxy) is 1. The molecule has 0 aromatic rings. The van der Waals surface area contributed by atoms with E-state index < -0.39 is 0 Å². The molecule has 1 rings (SSSR count). The van der Waals surface area contributed by atoms with Gasteiger partial charge in [0.25, 0.3) is 0 Å². The van der Waals surface area contributed by atoms with Crippen LogP contribution in [0.4, 0.5) is 0 Å². The molecular formula is C12H25NOS. The number of nitrogens with two attached hydrogens (primary N) is 1. The van der Waals surface area contributed by atoms with Crippen molar-refractivity contribution in [2.24, 2.45) is 17.6 Å². The van der Waals surface area contributed by atoms with E-state index in [2.05, 4.69) is 6.26 Å². The van der Waals surface area contributed by atoms with E-state index in [0.29, 0.717) is 0 Å². The maximum atomic E-state index is 5.79. The summed E-state index contributed by atoms with van der Waals surface area (Å²) in [6, 6.07) is 0. The van der Waals surface area contributed by atoms with Crippen molar-refractivity contribution < 1.29 is 4.74 Å². The number of rotatable bonds is 7. The fourth-order valence-corrected chi connectivity index (χ4v) is 2.76. The second-order valence-corrected chi connectivity index (χ2v) is 5.45. The van der Waals surface area contributed by atoms with Crippen LogP contribution in [0.5, 0.6) is 0 Å². The molecule has 0 amide bonds. The van der Waals surface area contributed by atoms with Gasteiger partial charge in [0.2, 0.25) is 0 Å². The van der Waals surface area contributed by atoms with Crippen molar-refractivity contribution in [3.8, 4) is 0 Å². The lowest BCUT2D eigenvalue weighted by molar-refractivity contribution is 0.0618. The summed E-state index contributed by atoms with van der Waals surface area (Å²) in [6.07, 6.45) is 8.70. The first-order chi connectivity index (χ1) is 7.38. The van der Waals surface area contributed by atoms with Crippen molar-refractivity contribution in [2.75, 3.05) is 31.8 Å². The summed E-state index contributed by atoms with van der Waals surface area (Å²) in [7, 11) is 0. The van der Waals surface area contributed by atoms with E-state index in [0.717, 1.165) is 31.6 Å². The standard InChI is InChI=1S/C12H25NOS/c1-15-8-4-7-14-10-12-6-3-2-5-11(12)9-13/h11-12H,2-10,13H2,1H3. The average Bonchev–Trinajstić information content (AvgIpc) is 2.29. The van der Waals surface area contributed by atoms with Crippen molar-refractivity contribution in [2.45, 2.75) is 32.1 Å². The molecule has 0 radical (unpaired) electrons. The first-order valence-corrected chi connectivity index (χ1v) is 7.54. The molecule has 1 aliphatic carbocycles. The SMILES string of the molecule is CSCCCOCC1CCCCC1CN. The summed E-state index contributed by atoms with van der Waals surface area (Å²) in [5.41, 5.74) is 5.79. The zero-order valence-electron chi connectivity index (χ0n) is 9.91. The van der Waals surface area contributed by atoms with E-state index in [-0.39, 0.29) is 0 Å². The molecule has 2 atom stereocenters. The van der Waals surface area contributed by atoms with Crippen LogP contribution < -0.4 is 5.73 Å². The van der Waals surface area contributed by atoms with Crippen LogP contribution in [0.15, 0.2) is 0 Å². The molecule has 15 heavy (non-hydrogen) atoms. The highest BCUT2D eigenvalue weighted by Gasteiger charge is 2.23. The number of hydrogen-bond acceptors (Lipinski definition) is 3. The summed E-state index contributed by atoms with van der Waals surface area (Å²) in [5, 5.41) is 0. The Morgan fingerprint density at radius 1 is 1.27 bits per heavy atom. The quantitative estimate of drug-likeness (QED) is 0.684. The van der Waals surface area contributed by atoms with Gasteiger partial charge in [0.1, 0.15) is 0 Å². The molecule has 1 fully saturated rings. The highest BCUT2D eigenvalue weighted by atomic mass is 32.2. The molecule has 0 spiro atoms. The molecule has 2 N–H and O–H groups in total. The molecule has 0 aromatic carbocycles. The van der Waals surface area contributed by atoms with Crippen LogP contribution in [0.3, 0.4) is 0 Å². The first-order valence-electron chi connectivity index (χ1n) is 6.15. The van der Waals surface area contributed by atoms with Gasteiger partial charge >= 0.3 is 0 Å². The van der Waals surface area contributed by atoms with E-state index in [1.807, 2.05) is 11.8 Å². The normalized spacial score (nSPS) is 26.8. The lowest BCUT2D eigenvalue weighted by Crippen LogP contribution is -2.30. The van der Waals surface area contributed by atoms with E-state index in [9.17, 15) is 0 Å². The maximum Gasteiger partial charge on any atom is 0.0497 e. The number of hydrogen-bond donors (Lipinski definition) is 1. The molecule has 3 heteroatoms. The average molecular weight is 231 g/mol. The van der Waals surface area contributed by atoms with Crippen molar-refractivity contribution in [1.29, 1.82) is 0 Å². The zero-order valence-corrected chi connectivity index (χ0v) is 10.7. The van der Waals surface area contributed by atoms with Crippen LogP contribution in [0.1, 0.15) is 32.1 Å². The molecule has 0 heterocycles. The summed E-state index contributed by atoms with van der Waals surface area (Å²) in [6.45, 7) is 2.71. The Bertz CT molecular complexity index is 155. The van der Waals surface area contributed by atoms with E-state index in [1.165, 1.54) is 37.9 Å². The van der Waals surface area contributed by atoms with Gasteiger partial charge < -0.3 is 10.5 Å². The minimum absolute atomic E-state index is 0.722. The Kier molecular flexibility index (Phi) is 7.49. The molecule has 0 saturated heterocycles. The van der Waals surface area contributed by atoms with Gasteiger partial charge in [0.15, 0.2) is 0 Å². The molecular weight excluding hydrogens is 206 g/mol. The van der Waals surface area contributed by atoms with Gasteiger partial charge in [-0.1, -0.05) is 12.8 Å². The second kappa shape index (κ2) is 8.43. The largest absolute Gasteiger partial charge is 0.381 e. The predicted molar refractivity (Wildman–Crippen MR) is 68.3 cm³/mol. The zero-order chi connectivity index (χ0) is 10.9. The Balaban J connectivity index is 2.07. The van der Waals surface area contributed by atoms with Gasteiger partial charge in [0, 0.05) is 13.2 Å². The summed E-state index contributed by atoms with van der Waals surface area (Å²) < 4.78 is 5.74. The second-order valence-electron chi connectivity index (χ2n) is 4.46. The van der Waals surface area contributed by atoms with Crippen LogP contribution in [0.2, 0.25) is 0 Å². The Hall–Kier alpha value is 0.270. The fourth-order valence-electron chi connectivity index (χ4n) is 2.35. The molecule has 0 bridgehead atoms. The van der Waals surface area contributed by atoms with Crippen LogP contribution in [0, 0.1) is 11.8 Å². The van der Waals surface area contributed by atoms with Gasteiger partial charge in [-0.15, -0.1) is 0 Å². The minimum atomic E-state index is 0.722. The molecule has 1 saturated carbocycles. The van der Waals surface area contributed by atoms with Crippen LogP contribution in [-0.4, -0.2) is 31.8 Å². The number of thioether (sulfide) groups is 1. The molecule has 2 unspecified atom stereocenters. The van der Waals surface area contributed by atoms with Crippen LogP contribution in [0.25, 0.3) is 0 Å². The highest BCUT2D eigenvalue weighted by molar-refractivity contribution is 7.98. The fraction of sp³-hybridized carbons (Fsp3) is 1.00. The Morgan fingerprint density at radius 3 is 2.67 bits per heavy atom. The summed E-state index contributed by atoms with van der Waals surface area (Å²) in [4.78, 5) is 0. The van der Waals surface area contributed by atoms with Crippen molar-refractivity contribution in [1.82, 2.24) is 0 Å². The van der Waals surface area contributed by atoms with Gasteiger partial charge in [0.05, 0.1) is 0 Å². The third kappa shape index (κ3) is 5.23. The topological polar surface area (TPSA) is 35.2 Å². The van der Waals surface area contributed by atoms with Crippen molar-refractivity contribution >= 4 is 11.8 Å². The maximum absolute atomic E-state index is 5.79. The Labute approximate surface area is 98.3 Å². The predicted octanol–water partition coefficient (Wildman–Crippen LogP) is 2.52. The lowest BCUT2D eigenvalue weighted by Gasteiger charge is -2.30. The van der Waals surface area contributed by atoms with E-state index in [4.69, 9.17) is 10.5 Å². The molecule has 0 aliphatic heterocycles. The van der Waals surface area contributed by atoms with Gasteiger partial charge in [-0.25, -0.2) is 0 Å². The third-order valence-electron chi connectivity index (χ3n) is 3.34. The molecule has 1 aliphatic rings. The summed E-state index contributed by atoms with van der Waals surface area (Å²) in [5.74, 6) is 2.67. The molecule has 2 nitrogen and oxygen atoms in total. The van der Waals surface area contributed by atoms with Crippen LogP contribution in [-0.2, 0) is 4.74 Å². The van der Waals surface area contributed by atoms with Crippen molar-refractivity contribution in [3.63, 3.8) is 0 Å². The van der Waals surface area contributed by atoms with E-state index in [1.54, 1.807) is 0 Å². The smallest absolute Gasteiger partial charge is 0.0497 e. The minimum Gasteiger partial charge on any atom is -0.381 e. The third-order valence-corrected chi connectivity index (χ3v) is 4.04. The lowest BCUT2D eigenvalue weighted by atomic mass is 9.80. The van der Waals surface area contributed by atoms with Gasteiger partial charge in [-0.05, 0) is 49.7 Å². The van der Waals surface area contributed by atoms with Gasteiger partial charge in [-0.3, -0.25) is 0 Å². The summed E-state index contributed by atoms with van der Waals surface area (Å²) >= 11 is 1.89. The molecule has 0 aromatic heterocycles. The Morgan fingerprint density at radius 2 is 2.00 bits per heavy atom. The highest BCUT2D eigenvalue weighted by Crippen LogP contribution is 2.29. The molecule has 90 valence electrons. The van der Waals surface area contributed by atoms with Crippen LogP contribution >= 0.6 is 11.8 Å². The van der Waals surface area contributed by atoms with Crippen molar-refractivity contribution in [3.05, 3.63) is 0 Å².